The Balaban J connectivity index is 2.16. The second-order valence-electron chi connectivity index (χ2n) is 5.86. The average molecular weight is 287 g/mol. The molecule has 20 heavy (non-hydrogen) atoms. The maximum atomic E-state index is 11.8. The standard InChI is InChI=1S/C11H17N3O6/c1-10(19)2-3-7(17)13-9(12)14-11(3)4(15)6(10)20-8(18)5(11)16/h3-7,15-17,19H,2H2,1H3,(H3,12,13,14)/t3?,4-,5-,6?,7-,10+,11-/m1/s1. The Hall–Kier alpha value is -1.42. The maximum absolute atomic E-state index is 11.8. The van der Waals surface area contributed by atoms with Gasteiger partial charge in [0.15, 0.2) is 24.4 Å². The number of ether oxygens (including phenoxy) is 1. The van der Waals surface area contributed by atoms with Crippen LogP contribution in [0.1, 0.15) is 13.3 Å². The van der Waals surface area contributed by atoms with Crippen molar-refractivity contribution in [3.8, 4) is 0 Å². The fourth-order valence-corrected chi connectivity index (χ4v) is 3.55. The van der Waals surface area contributed by atoms with Crippen molar-refractivity contribution in [2.75, 3.05) is 0 Å². The van der Waals surface area contributed by atoms with Crippen LogP contribution in [0, 0.1) is 5.92 Å². The van der Waals surface area contributed by atoms with E-state index in [9.17, 15) is 25.2 Å². The lowest BCUT2D eigenvalue weighted by Gasteiger charge is -2.60. The highest BCUT2D eigenvalue weighted by atomic mass is 16.6. The van der Waals surface area contributed by atoms with Crippen LogP contribution < -0.4 is 11.1 Å². The van der Waals surface area contributed by atoms with E-state index < -0.39 is 47.6 Å². The van der Waals surface area contributed by atoms with Crippen LogP contribution in [-0.4, -0.2) is 68.0 Å². The number of aliphatic hydroxyl groups is 4. The van der Waals surface area contributed by atoms with Crippen molar-refractivity contribution >= 4 is 11.9 Å². The van der Waals surface area contributed by atoms with Crippen molar-refractivity contribution in [3.63, 3.8) is 0 Å². The van der Waals surface area contributed by atoms with Crippen LogP contribution in [0.3, 0.4) is 0 Å². The molecule has 7 N–H and O–H groups in total. The number of nitrogens with zero attached hydrogens (tertiary/aromatic N) is 1. The lowest BCUT2D eigenvalue weighted by Crippen LogP contribution is -2.84. The third-order valence-electron chi connectivity index (χ3n) is 4.53. The third kappa shape index (κ3) is 1.46. The van der Waals surface area contributed by atoms with E-state index in [-0.39, 0.29) is 12.4 Å². The number of nitrogens with one attached hydrogen (secondary N) is 1. The molecular weight excluding hydrogens is 270 g/mol. The zero-order valence-electron chi connectivity index (χ0n) is 10.7. The molecule has 0 amide bonds. The number of nitrogens with two attached hydrogens (primary N) is 1. The normalized spacial score (nSPS) is 54.4. The summed E-state index contributed by atoms with van der Waals surface area (Å²) in [5, 5.41) is 43.6. The van der Waals surface area contributed by atoms with Crippen molar-refractivity contribution in [2.45, 2.75) is 49.0 Å². The summed E-state index contributed by atoms with van der Waals surface area (Å²) in [6.45, 7) is 1.39. The largest absolute Gasteiger partial charge is 0.454 e. The maximum Gasteiger partial charge on any atom is 0.338 e. The van der Waals surface area contributed by atoms with E-state index in [2.05, 4.69) is 10.3 Å². The second kappa shape index (κ2) is 3.82. The Labute approximate surface area is 114 Å². The lowest BCUT2D eigenvalue weighted by molar-refractivity contribution is -0.267. The quantitative estimate of drug-likeness (QED) is 0.249. The van der Waals surface area contributed by atoms with Gasteiger partial charge in [-0.15, -0.1) is 0 Å². The van der Waals surface area contributed by atoms with E-state index in [0.29, 0.717) is 0 Å². The molecule has 1 spiro atoms. The molecule has 0 aromatic heterocycles. The van der Waals surface area contributed by atoms with Crippen LogP contribution in [0.5, 0.6) is 0 Å². The van der Waals surface area contributed by atoms with Gasteiger partial charge < -0.3 is 36.2 Å². The molecule has 0 aromatic carbocycles. The van der Waals surface area contributed by atoms with Crippen molar-refractivity contribution in [1.82, 2.24) is 5.32 Å². The van der Waals surface area contributed by atoms with Gasteiger partial charge >= 0.3 is 5.97 Å². The molecule has 9 heteroatoms. The monoisotopic (exact) mass is 287 g/mol. The number of carbonyl (C=O) groups excluding carboxylic acids is 1. The van der Waals surface area contributed by atoms with E-state index in [0.717, 1.165) is 0 Å². The van der Waals surface area contributed by atoms with Gasteiger partial charge in [-0.05, 0) is 13.3 Å². The van der Waals surface area contributed by atoms with Crippen molar-refractivity contribution in [2.24, 2.45) is 16.6 Å². The predicted molar refractivity (Wildman–Crippen MR) is 64.1 cm³/mol. The number of aliphatic imine (C=N–C) groups is 1. The van der Waals surface area contributed by atoms with Gasteiger partial charge in [0.1, 0.15) is 17.2 Å². The van der Waals surface area contributed by atoms with Gasteiger partial charge in [-0.25, -0.2) is 9.79 Å². The molecule has 112 valence electrons. The molecule has 2 heterocycles. The third-order valence-corrected chi connectivity index (χ3v) is 4.53. The zero-order valence-corrected chi connectivity index (χ0v) is 10.7. The molecule has 2 unspecified atom stereocenters. The van der Waals surface area contributed by atoms with Gasteiger partial charge in [-0.3, -0.25) is 0 Å². The number of rotatable bonds is 0. The first-order chi connectivity index (χ1) is 9.20. The van der Waals surface area contributed by atoms with Gasteiger partial charge in [-0.1, -0.05) is 0 Å². The molecule has 2 bridgehead atoms. The van der Waals surface area contributed by atoms with Gasteiger partial charge in [0.25, 0.3) is 0 Å². The summed E-state index contributed by atoms with van der Waals surface area (Å²) < 4.78 is 4.92. The Morgan fingerprint density at radius 1 is 1.45 bits per heavy atom. The topological polar surface area (TPSA) is 158 Å². The van der Waals surface area contributed by atoms with Crippen LogP contribution in [0.2, 0.25) is 0 Å². The highest BCUT2D eigenvalue weighted by Crippen LogP contribution is 2.48. The van der Waals surface area contributed by atoms with Crippen LogP contribution >= 0.6 is 0 Å². The molecule has 2 aliphatic heterocycles. The smallest absolute Gasteiger partial charge is 0.338 e. The van der Waals surface area contributed by atoms with Gasteiger partial charge in [-0.2, -0.15) is 0 Å². The Bertz CT molecular complexity index is 495. The number of aliphatic hydroxyl groups excluding tert-OH is 3. The van der Waals surface area contributed by atoms with Crippen LogP contribution in [0.25, 0.3) is 0 Å². The van der Waals surface area contributed by atoms with E-state index in [4.69, 9.17) is 10.5 Å². The van der Waals surface area contributed by atoms with Crippen LogP contribution in [-0.2, 0) is 9.53 Å². The van der Waals surface area contributed by atoms with E-state index in [1.807, 2.05) is 0 Å². The van der Waals surface area contributed by atoms with Gasteiger partial charge in [0, 0.05) is 5.92 Å². The number of hydrogen-bond donors (Lipinski definition) is 6. The highest BCUT2D eigenvalue weighted by Gasteiger charge is 2.70. The van der Waals surface area contributed by atoms with Gasteiger partial charge in [0.05, 0.1) is 0 Å². The van der Waals surface area contributed by atoms with E-state index >= 15 is 0 Å². The molecule has 1 aliphatic carbocycles. The summed E-state index contributed by atoms with van der Waals surface area (Å²) in [7, 11) is 0. The first kappa shape index (κ1) is 13.6. The van der Waals surface area contributed by atoms with Crippen molar-refractivity contribution < 1.29 is 30.0 Å². The SMILES string of the molecule is C[C@]1(O)CC2[C@@H](O)N=C(N)N[C@]23[C@H](O)C(=O)OC1[C@H]3O. The number of hydrogen-bond acceptors (Lipinski definition) is 9. The molecule has 3 rings (SSSR count). The van der Waals surface area contributed by atoms with Crippen LogP contribution in [0.15, 0.2) is 4.99 Å². The molecular formula is C11H17N3O6. The summed E-state index contributed by atoms with van der Waals surface area (Å²) in [5.74, 6) is -2.07. The molecule has 1 saturated heterocycles. The molecule has 3 aliphatic rings. The average Bonchev–Trinajstić information content (AvgIpc) is 2.33. The van der Waals surface area contributed by atoms with Crippen LogP contribution in [0.4, 0.5) is 0 Å². The Morgan fingerprint density at radius 3 is 2.75 bits per heavy atom. The first-order valence-electron chi connectivity index (χ1n) is 6.28. The Kier molecular flexibility index (Phi) is 2.59. The Morgan fingerprint density at radius 2 is 2.10 bits per heavy atom. The minimum Gasteiger partial charge on any atom is -0.454 e. The zero-order chi connectivity index (χ0) is 14.9. The summed E-state index contributed by atoms with van der Waals surface area (Å²) >= 11 is 0. The molecule has 1 saturated carbocycles. The minimum absolute atomic E-state index is 0.0238. The molecule has 0 aromatic rings. The number of fused-ring (bicyclic) bond motifs is 1. The van der Waals surface area contributed by atoms with E-state index in [1.54, 1.807) is 0 Å². The van der Waals surface area contributed by atoms with E-state index in [1.165, 1.54) is 6.92 Å². The summed E-state index contributed by atoms with van der Waals surface area (Å²) in [5.41, 5.74) is 2.38. The van der Waals surface area contributed by atoms with Gasteiger partial charge in [0.2, 0.25) is 0 Å². The van der Waals surface area contributed by atoms with Crippen molar-refractivity contribution in [1.29, 1.82) is 0 Å². The number of guanidine groups is 1. The molecule has 0 radical (unpaired) electrons. The molecule has 9 nitrogen and oxygen atoms in total. The number of esters is 1. The summed E-state index contributed by atoms with van der Waals surface area (Å²) in [6.07, 6.45) is -5.75. The first-order valence-corrected chi connectivity index (χ1v) is 6.28. The summed E-state index contributed by atoms with van der Waals surface area (Å²) in [4.78, 5) is 15.5. The fraction of sp³-hybridized carbons (Fsp3) is 0.818. The second-order valence-corrected chi connectivity index (χ2v) is 5.86. The predicted octanol–water partition coefficient (Wildman–Crippen LogP) is -3.62. The number of carbonyl (C=O) groups is 1. The lowest BCUT2D eigenvalue weighted by atomic mass is 9.59. The minimum atomic E-state index is -1.72. The molecule has 2 fully saturated rings. The summed E-state index contributed by atoms with van der Waals surface area (Å²) in [6, 6.07) is 0. The fourth-order valence-electron chi connectivity index (χ4n) is 3.55. The van der Waals surface area contributed by atoms with Crippen molar-refractivity contribution in [3.05, 3.63) is 0 Å². The molecule has 7 atom stereocenters. The highest BCUT2D eigenvalue weighted by molar-refractivity contribution is 5.84.